The predicted molar refractivity (Wildman–Crippen MR) is 87.6 cm³/mol. The van der Waals surface area contributed by atoms with Crippen molar-refractivity contribution in [3.05, 3.63) is 33.9 Å². The van der Waals surface area contributed by atoms with E-state index in [0.717, 1.165) is 6.07 Å². The van der Waals surface area contributed by atoms with E-state index in [9.17, 15) is 23.7 Å². The van der Waals surface area contributed by atoms with Crippen LogP contribution in [-0.4, -0.2) is 47.2 Å². The second-order valence-electron chi connectivity index (χ2n) is 6.98. The number of hydrogen-bond acceptors (Lipinski definition) is 5. The zero-order valence-electron chi connectivity index (χ0n) is 14.6. The quantitative estimate of drug-likeness (QED) is 0.599. The van der Waals surface area contributed by atoms with Crippen LogP contribution in [0.2, 0.25) is 0 Å². The molecule has 1 unspecified atom stereocenters. The summed E-state index contributed by atoms with van der Waals surface area (Å²) in [5.41, 5.74) is -1.58. The molecule has 0 aliphatic carbocycles. The van der Waals surface area contributed by atoms with Crippen LogP contribution in [0.3, 0.4) is 0 Å². The van der Waals surface area contributed by atoms with Crippen LogP contribution in [0.25, 0.3) is 0 Å². The lowest BCUT2D eigenvalue weighted by atomic mass is 10.1. The fourth-order valence-electron chi connectivity index (χ4n) is 2.69. The zero-order chi connectivity index (χ0) is 18.9. The van der Waals surface area contributed by atoms with Crippen LogP contribution in [0.4, 0.5) is 25.0 Å². The number of carbonyl (C=O) groups is 1. The first kappa shape index (κ1) is 18.9. The van der Waals surface area contributed by atoms with Gasteiger partial charge in [0.2, 0.25) is 5.82 Å². The molecular formula is C16H21F2N3O4. The lowest BCUT2D eigenvalue weighted by Gasteiger charge is -2.41. The van der Waals surface area contributed by atoms with Crippen LogP contribution >= 0.6 is 0 Å². The first-order chi connectivity index (χ1) is 11.5. The van der Waals surface area contributed by atoms with Gasteiger partial charge < -0.3 is 14.5 Å². The molecule has 0 aromatic heterocycles. The summed E-state index contributed by atoms with van der Waals surface area (Å²) in [6.07, 6.45) is -0.464. The molecule has 1 aliphatic heterocycles. The van der Waals surface area contributed by atoms with Crippen molar-refractivity contribution in [3.63, 3.8) is 0 Å². The zero-order valence-corrected chi connectivity index (χ0v) is 14.6. The van der Waals surface area contributed by atoms with Gasteiger partial charge in [0.1, 0.15) is 5.60 Å². The number of hydrogen-bond donors (Lipinski definition) is 0. The van der Waals surface area contributed by atoms with Gasteiger partial charge in [-0.2, -0.15) is 4.39 Å². The molecule has 0 spiro atoms. The summed E-state index contributed by atoms with van der Waals surface area (Å²) < 4.78 is 33.4. The van der Waals surface area contributed by atoms with E-state index in [1.807, 2.05) is 0 Å². The average Bonchev–Trinajstić information content (AvgIpc) is 2.47. The number of carbonyl (C=O) groups excluding carboxylic acids is 1. The Kier molecular flexibility index (Phi) is 5.15. The number of nitrogens with zero attached hydrogens (tertiary/aromatic N) is 3. The topological polar surface area (TPSA) is 75.9 Å². The number of anilines is 1. The number of ether oxygens (including phenoxy) is 1. The Balaban J connectivity index is 2.15. The van der Waals surface area contributed by atoms with Gasteiger partial charge in [-0.15, -0.1) is 0 Å². The minimum Gasteiger partial charge on any atom is -0.444 e. The second kappa shape index (κ2) is 6.81. The van der Waals surface area contributed by atoms with Crippen molar-refractivity contribution in [2.45, 2.75) is 39.3 Å². The molecular weight excluding hydrogens is 336 g/mol. The highest BCUT2D eigenvalue weighted by Crippen LogP contribution is 2.30. The van der Waals surface area contributed by atoms with Gasteiger partial charge >= 0.3 is 11.8 Å². The van der Waals surface area contributed by atoms with Crippen molar-refractivity contribution in [3.8, 4) is 0 Å². The van der Waals surface area contributed by atoms with Gasteiger partial charge in [-0.1, -0.05) is 0 Å². The van der Waals surface area contributed by atoms with Gasteiger partial charge in [0.25, 0.3) is 0 Å². The van der Waals surface area contributed by atoms with Gasteiger partial charge in [-0.05, 0) is 27.7 Å². The lowest BCUT2D eigenvalue weighted by Crippen LogP contribution is -2.54. The summed E-state index contributed by atoms with van der Waals surface area (Å²) in [5, 5.41) is 10.7. The third-order valence-corrected chi connectivity index (χ3v) is 3.80. The SMILES string of the molecule is CC1CN(C(=O)OC(C)(C)C)CCN1c1cc(F)c([N+](=O)[O-])cc1F. The van der Waals surface area contributed by atoms with E-state index in [1.165, 1.54) is 4.90 Å². The number of piperazine rings is 1. The van der Waals surface area contributed by atoms with Crippen molar-refractivity contribution >= 4 is 17.5 Å². The van der Waals surface area contributed by atoms with E-state index in [4.69, 9.17) is 4.74 Å². The Hall–Kier alpha value is -2.45. The van der Waals surface area contributed by atoms with Crippen molar-refractivity contribution in [1.82, 2.24) is 4.90 Å². The lowest BCUT2D eigenvalue weighted by molar-refractivity contribution is -0.387. The molecule has 1 aromatic rings. The maximum Gasteiger partial charge on any atom is 0.410 e. The molecule has 25 heavy (non-hydrogen) atoms. The van der Waals surface area contributed by atoms with Crippen LogP contribution in [-0.2, 0) is 4.74 Å². The largest absolute Gasteiger partial charge is 0.444 e. The maximum atomic E-state index is 14.2. The summed E-state index contributed by atoms with van der Waals surface area (Å²) >= 11 is 0. The van der Waals surface area contributed by atoms with Gasteiger partial charge in [0.05, 0.1) is 16.7 Å². The second-order valence-corrected chi connectivity index (χ2v) is 6.98. The third kappa shape index (κ3) is 4.34. The van der Waals surface area contributed by atoms with Crippen molar-refractivity contribution in [2.75, 3.05) is 24.5 Å². The number of nitro benzene ring substituents is 1. The third-order valence-electron chi connectivity index (χ3n) is 3.80. The van der Waals surface area contributed by atoms with E-state index in [1.54, 1.807) is 32.6 Å². The number of nitro groups is 1. The number of rotatable bonds is 2. The highest BCUT2D eigenvalue weighted by molar-refractivity contribution is 5.69. The first-order valence-electron chi connectivity index (χ1n) is 7.87. The average molecular weight is 357 g/mol. The minimum absolute atomic E-state index is 0.0561. The highest BCUT2D eigenvalue weighted by Gasteiger charge is 2.32. The molecule has 138 valence electrons. The van der Waals surface area contributed by atoms with E-state index in [0.29, 0.717) is 6.07 Å². The van der Waals surface area contributed by atoms with Crippen LogP contribution in [0, 0.1) is 21.7 Å². The normalized spacial score (nSPS) is 18.2. The maximum absolute atomic E-state index is 14.2. The van der Waals surface area contributed by atoms with Crippen LogP contribution in [0.15, 0.2) is 12.1 Å². The molecule has 1 atom stereocenters. The van der Waals surface area contributed by atoms with Crippen molar-refractivity contribution in [1.29, 1.82) is 0 Å². The first-order valence-corrected chi connectivity index (χ1v) is 7.87. The summed E-state index contributed by atoms with van der Waals surface area (Å²) in [5.74, 6) is -1.96. The molecule has 2 rings (SSSR count). The summed E-state index contributed by atoms with van der Waals surface area (Å²) in [6.45, 7) is 7.85. The Morgan fingerprint density at radius 3 is 2.44 bits per heavy atom. The molecule has 0 saturated carbocycles. The van der Waals surface area contributed by atoms with Crippen molar-refractivity contribution in [2.24, 2.45) is 0 Å². The van der Waals surface area contributed by atoms with Crippen LogP contribution < -0.4 is 4.90 Å². The van der Waals surface area contributed by atoms with Gasteiger partial charge in [-0.3, -0.25) is 10.1 Å². The highest BCUT2D eigenvalue weighted by atomic mass is 19.1. The Bertz CT molecular complexity index is 691. The van der Waals surface area contributed by atoms with Gasteiger partial charge in [0.15, 0.2) is 5.82 Å². The van der Waals surface area contributed by atoms with E-state index in [-0.39, 0.29) is 31.4 Å². The molecule has 1 saturated heterocycles. The summed E-state index contributed by atoms with van der Waals surface area (Å²) in [7, 11) is 0. The van der Waals surface area contributed by atoms with E-state index in [2.05, 4.69) is 0 Å². The van der Waals surface area contributed by atoms with E-state index >= 15 is 0 Å². The molecule has 0 radical (unpaired) electrons. The standard InChI is InChI=1S/C16H21F2N3O4/c1-10-9-19(15(22)25-16(2,3)4)5-6-20(10)13-7-12(18)14(21(23)24)8-11(13)17/h7-8,10H,5-6,9H2,1-4H3. The molecule has 0 N–H and O–H groups in total. The van der Waals surface area contributed by atoms with E-state index < -0.39 is 33.9 Å². The predicted octanol–water partition coefficient (Wildman–Crippen LogP) is 3.32. The van der Waals surface area contributed by atoms with Crippen LogP contribution in [0.1, 0.15) is 27.7 Å². The number of benzene rings is 1. The molecule has 9 heteroatoms. The fraction of sp³-hybridized carbons (Fsp3) is 0.562. The molecule has 1 aromatic carbocycles. The van der Waals surface area contributed by atoms with Gasteiger partial charge in [0, 0.05) is 31.7 Å². The number of halogens is 2. The van der Waals surface area contributed by atoms with Gasteiger partial charge in [-0.25, -0.2) is 9.18 Å². The molecule has 1 amide bonds. The Labute approximate surface area is 144 Å². The molecule has 1 aliphatic rings. The monoisotopic (exact) mass is 357 g/mol. The minimum atomic E-state index is -1.09. The summed E-state index contributed by atoms with van der Waals surface area (Å²) in [6, 6.07) is 1.10. The molecule has 0 bridgehead atoms. The Morgan fingerprint density at radius 1 is 1.28 bits per heavy atom. The number of amides is 1. The Morgan fingerprint density at radius 2 is 1.92 bits per heavy atom. The summed E-state index contributed by atoms with van der Waals surface area (Å²) in [4.78, 5) is 24.9. The smallest absolute Gasteiger partial charge is 0.410 e. The molecule has 7 nitrogen and oxygen atoms in total. The molecule has 1 fully saturated rings. The molecule has 1 heterocycles. The van der Waals surface area contributed by atoms with Crippen molar-refractivity contribution < 1.29 is 23.2 Å². The van der Waals surface area contributed by atoms with Crippen LogP contribution in [0.5, 0.6) is 0 Å². The fourth-order valence-corrected chi connectivity index (χ4v) is 2.69.